The van der Waals surface area contributed by atoms with Gasteiger partial charge in [-0.15, -0.1) is 0 Å². The Labute approximate surface area is 152 Å². The summed E-state index contributed by atoms with van der Waals surface area (Å²) in [5.41, 5.74) is 5.81. The first kappa shape index (κ1) is 19.9. The monoisotopic (exact) mass is 363 g/mol. The van der Waals surface area contributed by atoms with E-state index in [9.17, 15) is 18.8 Å². The molecule has 0 aromatic heterocycles. The third-order valence-corrected chi connectivity index (χ3v) is 4.80. The van der Waals surface area contributed by atoms with Gasteiger partial charge in [0.05, 0.1) is 0 Å². The molecule has 1 fully saturated rings. The Morgan fingerprint density at radius 1 is 1.15 bits per heavy atom. The molecule has 0 radical (unpaired) electrons. The summed E-state index contributed by atoms with van der Waals surface area (Å²) in [5.74, 6) is -1.98. The lowest BCUT2D eigenvalue weighted by Crippen LogP contribution is -2.56. The van der Waals surface area contributed by atoms with Crippen molar-refractivity contribution in [1.82, 2.24) is 10.6 Å². The number of nitrogens with two attached hydrogens (primary N) is 1. The van der Waals surface area contributed by atoms with Gasteiger partial charge in [-0.05, 0) is 30.4 Å². The van der Waals surface area contributed by atoms with Gasteiger partial charge in [0.2, 0.25) is 17.7 Å². The second kappa shape index (κ2) is 9.31. The number of hydrogen-bond donors (Lipinski definition) is 3. The van der Waals surface area contributed by atoms with Crippen molar-refractivity contribution in [2.45, 2.75) is 57.5 Å². The standard InChI is InChI=1S/C19H26FN3O3/c1-12(24)22-16(11-14-9-5-6-10-15(14)20)19(26)23-17(18(21)25)13-7-3-2-4-8-13/h5-6,9-10,13,16-17H,2-4,7-8,11H2,1H3,(H2,21,25)(H,22,24)(H,23,26)/t16-,17-/m1/s1. The van der Waals surface area contributed by atoms with Gasteiger partial charge < -0.3 is 16.4 Å². The van der Waals surface area contributed by atoms with E-state index in [1.54, 1.807) is 18.2 Å². The zero-order valence-corrected chi connectivity index (χ0v) is 15.0. The predicted octanol–water partition coefficient (Wildman–Crippen LogP) is 1.42. The number of carbonyl (C=O) groups is 3. The summed E-state index contributed by atoms with van der Waals surface area (Å²) in [4.78, 5) is 36.0. The molecule has 1 aromatic rings. The summed E-state index contributed by atoms with van der Waals surface area (Å²) < 4.78 is 13.9. The van der Waals surface area contributed by atoms with E-state index in [2.05, 4.69) is 10.6 Å². The SMILES string of the molecule is CC(=O)N[C@H](Cc1ccccc1F)C(=O)N[C@@H](C(N)=O)C1CCCCC1. The summed E-state index contributed by atoms with van der Waals surface area (Å²) in [5, 5.41) is 5.21. The van der Waals surface area contributed by atoms with Gasteiger partial charge in [-0.25, -0.2) is 4.39 Å². The normalized spacial score (nSPS) is 17.2. The predicted molar refractivity (Wildman–Crippen MR) is 95.4 cm³/mol. The van der Waals surface area contributed by atoms with Crippen LogP contribution in [0, 0.1) is 11.7 Å². The maximum atomic E-state index is 13.9. The number of rotatable bonds is 7. The molecular formula is C19H26FN3O3. The van der Waals surface area contributed by atoms with Gasteiger partial charge in [0.1, 0.15) is 17.9 Å². The molecule has 6 nitrogen and oxygen atoms in total. The number of halogens is 1. The summed E-state index contributed by atoms with van der Waals surface area (Å²) in [7, 11) is 0. The molecule has 0 unspecified atom stereocenters. The van der Waals surface area contributed by atoms with Crippen molar-refractivity contribution in [2.24, 2.45) is 11.7 Å². The minimum atomic E-state index is -0.977. The van der Waals surface area contributed by atoms with E-state index in [0.29, 0.717) is 5.56 Å². The molecule has 0 spiro atoms. The van der Waals surface area contributed by atoms with Crippen LogP contribution in [0.3, 0.4) is 0 Å². The van der Waals surface area contributed by atoms with Crippen molar-refractivity contribution in [3.8, 4) is 0 Å². The van der Waals surface area contributed by atoms with Crippen molar-refractivity contribution in [2.75, 3.05) is 0 Å². The summed E-state index contributed by atoms with van der Waals surface area (Å²) in [6.45, 7) is 1.29. The number of nitrogens with one attached hydrogen (secondary N) is 2. The van der Waals surface area contributed by atoms with E-state index >= 15 is 0 Å². The highest BCUT2D eigenvalue weighted by molar-refractivity contribution is 5.91. The van der Waals surface area contributed by atoms with Gasteiger partial charge in [0.15, 0.2) is 0 Å². The first-order valence-corrected chi connectivity index (χ1v) is 8.98. The van der Waals surface area contributed by atoms with Crippen molar-refractivity contribution >= 4 is 17.7 Å². The lowest BCUT2D eigenvalue weighted by Gasteiger charge is -2.30. The minimum absolute atomic E-state index is 0.00311. The molecule has 0 saturated heterocycles. The van der Waals surface area contributed by atoms with Crippen LogP contribution in [-0.4, -0.2) is 29.8 Å². The molecule has 1 aliphatic carbocycles. The second-order valence-electron chi connectivity index (χ2n) is 6.84. The van der Waals surface area contributed by atoms with E-state index in [0.717, 1.165) is 32.1 Å². The summed E-state index contributed by atoms with van der Waals surface area (Å²) >= 11 is 0. The topological polar surface area (TPSA) is 101 Å². The molecule has 4 N–H and O–H groups in total. The highest BCUT2D eigenvalue weighted by atomic mass is 19.1. The highest BCUT2D eigenvalue weighted by Crippen LogP contribution is 2.26. The highest BCUT2D eigenvalue weighted by Gasteiger charge is 2.32. The Balaban J connectivity index is 2.12. The largest absolute Gasteiger partial charge is 0.368 e. The van der Waals surface area contributed by atoms with E-state index in [1.807, 2.05) is 0 Å². The van der Waals surface area contributed by atoms with Gasteiger partial charge in [-0.1, -0.05) is 37.5 Å². The fourth-order valence-corrected chi connectivity index (χ4v) is 3.48. The lowest BCUT2D eigenvalue weighted by atomic mass is 9.83. The maximum absolute atomic E-state index is 13.9. The first-order chi connectivity index (χ1) is 12.4. The van der Waals surface area contributed by atoms with Gasteiger partial charge >= 0.3 is 0 Å². The Morgan fingerprint density at radius 3 is 2.38 bits per heavy atom. The van der Waals surface area contributed by atoms with Gasteiger partial charge in [-0.2, -0.15) is 0 Å². The quantitative estimate of drug-likeness (QED) is 0.683. The Bertz CT molecular complexity index is 659. The van der Waals surface area contributed by atoms with E-state index in [-0.39, 0.29) is 12.3 Å². The van der Waals surface area contributed by atoms with Crippen LogP contribution >= 0.6 is 0 Å². The number of carbonyl (C=O) groups excluding carboxylic acids is 3. The fraction of sp³-hybridized carbons (Fsp3) is 0.526. The number of primary amides is 1. The zero-order valence-electron chi connectivity index (χ0n) is 15.0. The van der Waals surface area contributed by atoms with Crippen molar-refractivity contribution in [3.05, 3.63) is 35.6 Å². The van der Waals surface area contributed by atoms with Crippen LogP contribution in [0.15, 0.2) is 24.3 Å². The van der Waals surface area contributed by atoms with Crippen molar-refractivity contribution in [3.63, 3.8) is 0 Å². The van der Waals surface area contributed by atoms with E-state index in [4.69, 9.17) is 5.73 Å². The van der Waals surface area contributed by atoms with Crippen LogP contribution in [-0.2, 0) is 20.8 Å². The average Bonchev–Trinajstić information content (AvgIpc) is 2.60. The molecule has 1 saturated carbocycles. The summed E-state index contributed by atoms with van der Waals surface area (Å²) in [6.07, 6.45) is 4.74. The smallest absolute Gasteiger partial charge is 0.243 e. The van der Waals surface area contributed by atoms with Crippen LogP contribution in [0.5, 0.6) is 0 Å². The Morgan fingerprint density at radius 2 is 1.81 bits per heavy atom. The van der Waals surface area contributed by atoms with Crippen LogP contribution in [0.2, 0.25) is 0 Å². The molecule has 3 amide bonds. The number of hydrogen-bond acceptors (Lipinski definition) is 3. The van der Waals surface area contributed by atoms with E-state index < -0.39 is 35.6 Å². The van der Waals surface area contributed by atoms with Crippen molar-refractivity contribution in [1.29, 1.82) is 0 Å². The molecule has 26 heavy (non-hydrogen) atoms. The zero-order chi connectivity index (χ0) is 19.1. The molecule has 7 heteroatoms. The molecule has 0 aliphatic heterocycles. The van der Waals surface area contributed by atoms with Gasteiger partial charge in [0.25, 0.3) is 0 Å². The molecule has 0 bridgehead atoms. The molecule has 2 rings (SSSR count). The Kier molecular flexibility index (Phi) is 7.12. The van der Waals surface area contributed by atoms with Gasteiger partial charge in [0, 0.05) is 13.3 Å². The van der Waals surface area contributed by atoms with E-state index in [1.165, 1.54) is 13.0 Å². The molecule has 1 aromatic carbocycles. The van der Waals surface area contributed by atoms with Crippen molar-refractivity contribution < 1.29 is 18.8 Å². The van der Waals surface area contributed by atoms with Crippen LogP contribution < -0.4 is 16.4 Å². The molecule has 1 aliphatic rings. The Hall–Kier alpha value is -2.44. The third kappa shape index (κ3) is 5.54. The lowest BCUT2D eigenvalue weighted by molar-refractivity contribution is -0.131. The first-order valence-electron chi connectivity index (χ1n) is 8.98. The maximum Gasteiger partial charge on any atom is 0.243 e. The molecule has 2 atom stereocenters. The average molecular weight is 363 g/mol. The third-order valence-electron chi connectivity index (χ3n) is 4.80. The molecular weight excluding hydrogens is 337 g/mol. The fourth-order valence-electron chi connectivity index (χ4n) is 3.48. The number of benzene rings is 1. The second-order valence-corrected chi connectivity index (χ2v) is 6.84. The minimum Gasteiger partial charge on any atom is -0.368 e. The van der Waals surface area contributed by atoms with Gasteiger partial charge in [-0.3, -0.25) is 14.4 Å². The number of amides is 3. The molecule has 0 heterocycles. The summed E-state index contributed by atoms with van der Waals surface area (Å²) in [6, 6.07) is 4.32. The van der Waals surface area contributed by atoms with Crippen LogP contribution in [0.4, 0.5) is 4.39 Å². The van der Waals surface area contributed by atoms with Crippen LogP contribution in [0.25, 0.3) is 0 Å². The van der Waals surface area contributed by atoms with Crippen LogP contribution in [0.1, 0.15) is 44.6 Å². The molecule has 142 valence electrons.